The predicted molar refractivity (Wildman–Crippen MR) is 70.9 cm³/mol. The van der Waals surface area contributed by atoms with Crippen molar-refractivity contribution in [1.29, 1.82) is 0 Å². The highest BCUT2D eigenvalue weighted by Crippen LogP contribution is 2.27. The molecule has 0 aliphatic heterocycles. The molecule has 104 valence electrons. The van der Waals surface area contributed by atoms with Gasteiger partial charge in [0.2, 0.25) is 0 Å². The van der Waals surface area contributed by atoms with Crippen molar-refractivity contribution in [2.45, 2.75) is 44.1 Å². The number of aliphatic carboxylic acids is 1. The number of amides is 1. The lowest BCUT2D eigenvalue weighted by molar-refractivity contribution is -0.145. The number of carbonyl (C=O) groups excluding carboxylic acids is 1. The Morgan fingerprint density at radius 2 is 1.89 bits per heavy atom. The quantitative estimate of drug-likeness (QED) is 0.819. The fourth-order valence-electron chi connectivity index (χ4n) is 2.70. The van der Waals surface area contributed by atoms with Gasteiger partial charge in [0.1, 0.15) is 11.2 Å². The third-order valence-electron chi connectivity index (χ3n) is 3.90. The van der Waals surface area contributed by atoms with E-state index in [2.05, 4.69) is 5.32 Å². The van der Waals surface area contributed by atoms with Crippen molar-refractivity contribution in [3.05, 3.63) is 24.0 Å². The molecule has 0 saturated heterocycles. The van der Waals surface area contributed by atoms with Crippen LogP contribution in [0.3, 0.4) is 0 Å². The third-order valence-corrected chi connectivity index (χ3v) is 3.90. The number of nitrogens with zero attached hydrogens (tertiary/aromatic N) is 1. The molecule has 1 saturated carbocycles. The summed E-state index contributed by atoms with van der Waals surface area (Å²) in [5.41, 5.74) is -0.609. The summed E-state index contributed by atoms with van der Waals surface area (Å²) in [5, 5.41) is 12.3. The molecule has 1 amide bonds. The maximum absolute atomic E-state index is 12.2. The van der Waals surface area contributed by atoms with E-state index in [9.17, 15) is 14.7 Å². The van der Waals surface area contributed by atoms with Gasteiger partial charge in [-0.1, -0.05) is 25.7 Å². The second kappa shape index (κ2) is 5.47. The SMILES string of the molecule is Cn1cccc1C(=O)NC1(C(=O)O)CCCCCC1. The zero-order valence-electron chi connectivity index (χ0n) is 11.2. The Labute approximate surface area is 112 Å². The minimum atomic E-state index is -1.10. The lowest BCUT2D eigenvalue weighted by Crippen LogP contribution is -2.54. The van der Waals surface area contributed by atoms with E-state index in [1.54, 1.807) is 29.9 Å². The average molecular weight is 264 g/mol. The third kappa shape index (κ3) is 2.80. The Kier molecular flexibility index (Phi) is 3.93. The molecule has 1 heterocycles. The van der Waals surface area contributed by atoms with Gasteiger partial charge in [-0.05, 0) is 25.0 Å². The van der Waals surface area contributed by atoms with Gasteiger partial charge in [-0.3, -0.25) is 4.79 Å². The number of rotatable bonds is 3. The van der Waals surface area contributed by atoms with Crippen LogP contribution in [-0.2, 0) is 11.8 Å². The molecule has 1 aliphatic carbocycles. The molecule has 0 bridgehead atoms. The predicted octanol–water partition coefficient (Wildman–Crippen LogP) is 1.93. The molecule has 1 fully saturated rings. The molecule has 5 heteroatoms. The Balaban J connectivity index is 2.19. The molecule has 0 atom stereocenters. The van der Waals surface area contributed by atoms with Gasteiger partial charge in [0, 0.05) is 13.2 Å². The lowest BCUT2D eigenvalue weighted by atomic mass is 9.90. The summed E-state index contributed by atoms with van der Waals surface area (Å²) in [6.45, 7) is 0. The fourth-order valence-corrected chi connectivity index (χ4v) is 2.70. The molecule has 2 rings (SSSR count). The Bertz CT molecular complexity index is 471. The number of hydrogen-bond donors (Lipinski definition) is 2. The minimum Gasteiger partial charge on any atom is -0.480 e. The van der Waals surface area contributed by atoms with Crippen molar-refractivity contribution >= 4 is 11.9 Å². The van der Waals surface area contributed by atoms with Crippen LogP contribution in [-0.4, -0.2) is 27.1 Å². The number of nitrogens with one attached hydrogen (secondary N) is 1. The van der Waals surface area contributed by atoms with Gasteiger partial charge < -0.3 is 15.0 Å². The van der Waals surface area contributed by atoms with Gasteiger partial charge in [0.25, 0.3) is 5.91 Å². The molecule has 1 aliphatic rings. The van der Waals surface area contributed by atoms with E-state index in [1.807, 2.05) is 0 Å². The zero-order chi connectivity index (χ0) is 13.9. The second-order valence-electron chi connectivity index (χ2n) is 5.26. The van der Waals surface area contributed by atoms with Crippen LogP contribution < -0.4 is 5.32 Å². The maximum Gasteiger partial charge on any atom is 0.329 e. The summed E-state index contributed by atoms with van der Waals surface area (Å²) in [6.07, 6.45) is 6.57. The number of hydrogen-bond acceptors (Lipinski definition) is 2. The molecule has 2 N–H and O–H groups in total. The summed E-state index contributed by atoms with van der Waals surface area (Å²) >= 11 is 0. The van der Waals surface area contributed by atoms with E-state index in [0.29, 0.717) is 18.5 Å². The summed E-state index contributed by atoms with van der Waals surface area (Å²) in [5.74, 6) is -1.23. The van der Waals surface area contributed by atoms with Gasteiger partial charge in [-0.15, -0.1) is 0 Å². The zero-order valence-corrected chi connectivity index (χ0v) is 11.2. The van der Waals surface area contributed by atoms with Crippen molar-refractivity contribution in [2.24, 2.45) is 7.05 Å². The molecule has 5 nitrogen and oxygen atoms in total. The van der Waals surface area contributed by atoms with Crippen molar-refractivity contribution in [2.75, 3.05) is 0 Å². The van der Waals surface area contributed by atoms with E-state index >= 15 is 0 Å². The first-order valence-corrected chi connectivity index (χ1v) is 6.72. The molecule has 0 radical (unpaired) electrons. The standard InChI is InChI=1S/C14H20N2O3/c1-16-10-6-7-11(16)12(17)15-14(13(18)19)8-4-2-3-5-9-14/h6-7,10H,2-5,8-9H2,1H3,(H,15,17)(H,18,19). The number of carboxylic acids is 1. The molecule has 0 aromatic carbocycles. The summed E-state index contributed by atoms with van der Waals surface area (Å²) in [4.78, 5) is 23.8. The van der Waals surface area contributed by atoms with Crippen molar-refractivity contribution in [1.82, 2.24) is 9.88 Å². The highest BCUT2D eigenvalue weighted by molar-refractivity contribution is 5.96. The van der Waals surface area contributed by atoms with E-state index in [-0.39, 0.29) is 5.91 Å². The van der Waals surface area contributed by atoms with Gasteiger partial charge in [0.05, 0.1) is 0 Å². The van der Waals surface area contributed by atoms with Crippen LogP contribution in [0.5, 0.6) is 0 Å². The van der Waals surface area contributed by atoms with Crippen molar-refractivity contribution in [3.8, 4) is 0 Å². The average Bonchev–Trinajstić information content (AvgIpc) is 2.64. The summed E-state index contributed by atoms with van der Waals surface area (Å²) in [6, 6.07) is 3.47. The Hall–Kier alpha value is -1.78. The molecule has 1 aromatic heterocycles. The van der Waals surface area contributed by atoms with Gasteiger partial charge in [-0.25, -0.2) is 4.79 Å². The smallest absolute Gasteiger partial charge is 0.329 e. The van der Waals surface area contributed by atoms with Crippen LogP contribution in [0, 0.1) is 0 Å². The lowest BCUT2D eigenvalue weighted by Gasteiger charge is -2.29. The van der Waals surface area contributed by atoms with Crippen molar-refractivity contribution < 1.29 is 14.7 Å². The molecular formula is C14H20N2O3. The minimum absolute atomic E-state index is 0.309. The van der Waals surface area contributed by atoms with Crippen molar-refractivity contribution in [3.63, 3.8) is 0 Å². The van der Waals surface area contributed by atoms with Crippen LogP contribution in [0.15, 0.2) is 18.3 Å². The molecule has 0 unspecified atom stereocenters. The normalized spacial score (nSPS) is 18.6. The highest BCUT2D eigenvalue weighted by atomic mass is 16.4. The highest BCUT2D eigenvalue weighted by Gasteiger charge is 2.40. The van der Waals surface area contributed by atoms with E-state index in [1.165, 1.54) is 0 Å². The molecule has 0 spiro atoms. The van der Waals surface area contributed by atoms with E-state index in [4.69, 9.17) is 0 Å². The monoisotopic (exact) mass is 264 g/mol. The number of carbonyl (C=O) groups is 2. The van der Waals surface area contributed by atoms with E-state index in [0.717, 1.165) is 25.7 Å². The maximum atomic E-state index is 12.2. The van der Waals surface area contributed by atoms with E-state index < -0.39 is 11.5 Å². The first-order valence-electron chi connectivity index (χ1n) is 6.72. The van der Waals surface area contributed by atoms with Gasteiger partial charge >= 0.3 is 5.97 Å². The largest absolute Gasteiger partial charge is 0.480 e. The van der Waals surface area contributed by atoms with Crippen LogP contribution in [0.1, 0.15) is 49.0 Å². The Morgan fingerprint density at radius 1 is 1.26 bits per heavy atom. The first-order chi connectivity index (χ1) is 9.05. The van der Waals surface area contributed by atoms with Crippen LogP contribution >= 0.6 is 0 Å². The van der Waals surface area contributed by atoms with Gasteiger partial charge in [0.15, 0.2) is 0 Å². The number of carboxylic acid groups (broad SMARTS) is 1. The molecule has 19 heavy (non-hydrogen) atoms. The Morgan fingerprint density at radius 3 is 2.37 bits per heavy atom. The second-order valence-corrected chi connectivity index (χ2v) is 5.26. The van der Waals surface area contributed by atoms with Crippen LogP contribution in [0.4, 0.5) is 0 Å². The van der Waals surface area contributed by atoms with Crippen LogP contribution in [0.2, 0.25) is 0 Å². The van der Waals surface area contributed by atoms with Gasteiger partial charge in [-0.2, -0.15) is 0 Å². The number of aromatic nitrogens is 1. The van der Waals surface area contributed by atoms with Crippen LogP contribution in [0.25, 0.3) is 0 Å². The number of aryl methyl sites for hydroxylation is 1. The fraction of sp³-hybridized carbons (Fsp3) is 0.571. The topological polar surface area (TPSA) is 71.3 Å². The summed E-state index contributed by atoms with van der Waals surface area (Å²) < 4.78 is 1.70. The first kappa shape index (κ1) is 13.6. The summed E-state index contributed by atoms with van der Waals surface area (Å²) in [7, 11) is 1.77. The molecular weight excluding hydrogens is 244 g/mol. The molecule has 1 aromatic rings.